The topological polar surface area (TPSA) is 105 Å². The summed E-state index contributed by atoms with van der Waals surface area (Å²) >= 11 is 7.56. The highest BCUT2D eigenvalue weighted by Crippen LogP contribution is 2.37. The van der Waals surface area contributed by atoms with Gasteiger partial charge in [-0.1, -0.05) is 54.1 Å². The van der Waals surface area contributed by atoms with Crippen molar-refractivity contribution in [2.45, 2.75) is 10.1 Å². The lowest BCUT2D eigenvalue weighted by molar-refractivity contribution is -0.115. The minimum Gasteiger partial charge on any atom is -0.495 e. The number of methoxy groups -OCH3 is 1. The number of nitrogens with one attached hydrogen (secondary N) is 2. The zero-order valence-electron chi connectivity index (χ0n) is 20.2. The maximum atomic E-state index is 13.3. The van der Waals surface area contributed by atoms with E-state index in [0.717, 1.165) is 10.5 Å². The fourth-order valence-corrected chi connectivity index (χ4v) is 4.95. The molecule has 7 nitrogen and oxygen atoms in total. The van der Waals surface area contributed by atoms with Crippen LogP contribution in [-0.4, -0.2) is 30.0 Å². The van der Waals surface area contributed by atoms with Crippen molar-refractivity contribution in [3.8, 4) is 5.75 Å². The lowest BCUT2D eigenvalue weighted by Gasteiger charge is -2.18. The summed E-state index contributed by atoms with van der Waals surface area (Å²) in [4.78, 5) is 38.2. The quantitative estimate of drug-likeness (QED) is 0.200. The molecule has 0 radical (unpaired) electrons. The molecule has 4 aromatic carbocycles. The van der Waals surface area contributed by atoms with Crippen LogP contribution in [0, 0.1) is 0 Å². The van der Waals surface area contributed by atoms with E-state index < -0.39 is 17.1 Å². The molecule has 0 saturated heterocycles. The molecule has 192 valence electrons. The van der Waals surface area contributed by atoms with Gasteiger partial charge in [0.05, 0.1) is 23.3 Å². The molecule has 0 fully saturated rings. The van der Waals surface area contributed by atoms with E-state index in [0.29, 0.717) is 22.1 Å². The Morgan fingerprint density at radius 3 is 2.08 bits per heavy atom. The van der Waals surface area contributed by atoms with Gasteiger partial charge in [0.15, 0.2) is 0 Å². The first-order chi connectivity index (χ1) is 18.4. The van der Waals surface area contributed by atoms with Gasteiger partial charge in [0.25, 0.3) is 5.91 Å². The Kier molecular flexibility index (Phi) is 8.68. The van der Waals surface area contributed by atoms with Crippen molar-refractivity contribution in [2.24, 2.45) is 0 Å². The predicted octanol–water partition coefficient (Wildman–Crippen LogP) is 6.77. The van der Waals surface area contributed by atoms with E-state index >= 15 is 0 Å². The van der Waals surface area contributed by atoms with Crippen molar-refractivity contribution in [1.29, 1.82) is 0 Å². The molecule has 3 N–H and O–H groups in total. The lowest BCUT2D eigenvalue weighted by Crippen LogP contribution is -2.19. The summed E-state index contributed by atoms with van der Waals surface area (Å²) < 4.78 is 5.17. The summed E-state index contributed by atoms with van der Waals surface area (Å²) in [5, 5.41) is 14.8. The maximum Gasteiger partial charge on any atom is 0.336 e. The highest BCUT2D eigenvalue weighted by atomic mass is 35.5. The first-order valence-electron chi connectivity index (χ1n) is 11.5. The van der Waals surface area contributed by atoms with Gasteiger partial charge in [-0.15, -0.1) is 11.8 Å². The first kappa shape index (κ1) is 26.8. The summed E-state index contributed by atoms with van der Waals surface area (Å²) in [6.45, 7) is 0. The second kappa shape index (κ2) is 12.3. The standard InChI is InChI=1S/C29H23ClN2O5S/c1-37-25-16-13-20(17-24(25)30)32-28(34)26(18-7-3-2-4-8-18)38-21-14-11-19(12-15-21)31-27(33)22-9-5-6-10-23(22)29(35)36/h2-17,26H,1H3,(H,31,33)(H,32,34)(H,35,36). The third-order valence-corrected chi connectivity index (χ3v) is 7.09. The van der Waals surface area contributed by atoms with Crippen molar-refractivity contribution in [2.75, 3.05) is 17.7 Å². The molecule has 38 heavy (non-hydrogen) atoms. The normalized spacial score (nSPS) is 11.3. The molecule has 4 rings (SSSR count). The third-order valence-electron chi connectivity index (χ3n) is 5.53. The van der Waals surface area contributed by atoms with E-state index in [9.17, 15) is 19.5 Å². The van der Waals surface area contributed by atoms with Gasteiger partial charge in [-0.3, -0.25) is 9.59 Å². The van der Waals surface area contributed by atoms with E-state index in [2.05, 4.69) is 10.6 Å². The molecular formula is C29H23ClN2O5S. The Balaban J connectivity index is 1.50. The second-order valence-corrected chi connectivity index (χ2v) is 9.66. The summed E-state index contributed by atoms with van der Waals surface area (Å²) in [5.74, 6) is -1.42. The van der Waals surface area contributed by atoms with E-state index in [1.807, 2.05) is 30.3 Å². The number of aromatic carboxylic acids is 1. The number of carboxylic acid groups (broad SMARTS) is 1. The Morgan fingerprint density at radius 1 is 0.816 bits per heavy atom. The summed E-state index contributed by atoms with van der Waals surface area (Å²) in [6, 6.07) is 27.4. The average molecular weight is 547 g/mol. The zero-order valence-corrected chi connectivity index (χ0v) is 21.8. The number of carbonyl (C=O) groups is 3. The monoisotopic (exact) mass is 546 g/mol. The third kappa shape index (κ3) is 6.53. The molecule has 9 heteroatoms. The minimum absolute atomic E-state index is 0.0675. The number of anilines is 2. The van der Waals surface area contributed by atoms with Gasteiger partial charge in [0.2, 0.25) is 5.91 Å². The van der Waals surface area contributed by atoms with Crippen molar-refractivity contribution in [1.82, 2.24) is 0 Å². The average Bonchev–Trinajstić information content (AvgIpc) is 2.93. The van der Waals surface area contributed by atoms with Crippen LogP contribution in [0.5, 0.6) is 5.75 Å². The number of carbonyl (C=O) groups excluding carboxylic acids is 2. The Hall–Kier alpha value is -4.27. The van der Waals surface area contributed by atoms with Crippen molar-refractivity contribution in [3.05, 3.63) is 119 Å². The second-order valence-electron chi connectivity index (χ2n) is 8.08. The van der Waals surface area contributed by atoms with Crippen molar-refractivity contribution in [3.63, 3.8) is 0 Å². The summed E-state index contributed by atoms with van der Waals surface area (Å²) in [7, 11) is 1.52. The molecule has 0 spiro atoms. The number of benzene rings is 4. The van der Waals surface area contributed by atoms with Crippen LogP contribution in [0.1, 0.15) is 31.5 Å². The van der Waals surface area contributed by atoms with Crippen LogP contribution < -0.4 is 15.4 Å². The number of hydrogen-bond acceptors (Lipinski definition) is 5. The van der Waals surface area contributed by atoms with Crippen LogP contribution in [0.3, 0.4) is 0 Å². The van der Waals surface area contributed by atoms with Crippen LogP contribution >= 0.6 is 23.4 Å². The largest absolute Gasteiger partial charge is 0.495 e. The number of hydrogen-bond donors (Lipinski definition) is 3. The zero-order chi connectivity index (χ0) is 27.1. The molecule has 0 bridgehead atoms. The van der Waals surface area contributed by atoms with Gasteiger partial charge in [-0.05, 0) is 60.2 Å². The number of amides is 2. The highest BCUT2D eigenvalue weighted by Gasteiger charge is 2.23. The number of thioether (sulfide) groups is 1. The van der Waals surface area contributed by atoms with Crippen LogP contribution in [0.2, 0.25) is 5.02 Å². The number of ether oxygens (including phenoxy) is 1. The fourth-order valence-electron chi connectivity index (χ4n) is 3.67. The van der Waals surface area contributed by atoms with E-state index in [1.165, 1.54) is 31.0 Å². The number of carboxylic acids is 1. The van der Waals surface area contributed by atoms with Crippen molar-refractivity contribution < 1.29 is 24.2 Å². The highest BCUT2D eigenvalue weighted by molar-refractivity contribution is 8.00. The Labute approximate surface area is 228 Å². The van der Waals surface area contributed by atoms with Crippen LogP contribution in [0.4, 0.5) is 11.4 Å². The summed E-state index contributed by atoms with van der Waals surface area (Å²) in [6.07, 6.45) is 0. The molecule has 0 aliphatic carbocycles. The van der Waals surface area contributed by atoms with Gasteiger partial charge < -0.3 is 20.5 Å². The molecule has 4 aromatic rings. The molecule has 0 aliphatic heterocycles. The van der Waals surface area contributed by atoms with Crippen molar-refractivity contribution >= 4 is 52.5 Å². The van der Waals surface area contributed by atoms with Crippen LogP contribution in [0.25, 0.3) is 0 Å². The molecule has 0 heterocycles. The summed E-state index contributed by atoms with van der Waals surface area (Å²) in [5.41, 5.74) is 1.84. The van der Waals surface area contributed by atoms with Gasteiger partial charge in [0.1, 0.15) is 11.0 Å². The molecule has 0 aliphatic rings. The SMILES string of the molecule is COc1ccc(NC(=O)C(Sc2ccc(NC(=O)c3ccccc3C(=O)O)cc2)c2ccccc2)cc1Cl. The smallest absolute Gasteiger partial charge is 0.336 e. The minimum atomic E-state index is -1.18. The van der Waals surface area contributed by atoms with Gasteiger partial charge in [-0.2, -0.15) is 0 Å². The van der Waals surface area contributed by atoms with Gasteiger partial charge >= 0.3 is 5.97 Å². The van der Waals surface area contributed by atoms with E-state index in [4.69, 9.17) is 16.3 Å². The van der Waals surface area contributed by atoms with Crippen LogP contribution in [-0.2, 0) is 4.79 Å². The molecule has 1 atom stereocenters. The number of rotatable bonds is 9. The van der Waals surface area contributed by atoms with Crippen LogP contribution in [0.15, 0.2) is 102 Å². The molecule has 2 amide bonds. The lowest BCUT2D eigenvalue weighted by atomic mass is 10.1. The Morgan fingerprint density at radius 2 is 1.45 bits per heavy atom. The molecular weight excluding hydrogens is 524 g/mol. The first-order valence-corrected chi connectivity index (χ1v) is 12.7. The Bertz CT molecular complexity index is 1460. The van der Waals surface area contributed by atoms with Gasteiger partial charge in [0, 0.05) is 16.3 Å². The van der Waals surface area contributed by atoms with Gasteiger partial charge in [-0.25, -0.2) is 4.79 Å². The molecule has 1 unspecified atom stereocenters. The predicted molar refractivity (Wildman–Crippen MR) is 149 cm³/mol. The van der Waals surface area contributed by atoms with E-state index in [1.54, 1.807) is 54.6 Å². The molecule has 0 aromatic heterocycles. The fraction of sp³-hybridized carbons (Fsp3) is 0.0690. The number of halogens is 1. The van der Waals surface area contributed by atoms with E-state index in [-0.39, 0.29) is 17.0 Å². The molecule has 0 saturated carbocycles. The maximum absolute atomic E-state index is 13.3.